The fourth-order valence-electron chi connectivity index (χ4n) is 6.50. The molecule has 0 aliphatic rings. The van der Waals surface area contributed by atoms with E-state index in [4.69, 9.17) is 0 Å². The third kappa shape index (κ3) is 8.74. The quantitative estimate of drug-likeness (QED) is 0.0705. The Labute approximate surface area is 308 Å². The second kappa shape index (κ2) is 18.1. The summed E-state index contributed by atoms with van der Waals surface area (Å²) in [6.45, 7) is 2.10. The summed E-state index contributed by atoms with van der Waals surface area (Å²) in [4.78, 5) is 0. The van der Waals surface area contributed by atoms with Crippen LogP contribution in [0.25, 0.3) is 0 Å². The van der Waals surface area contributed by atoms with Crippen molar-refractivity contribution in [1.29, 1.82) is 0 Å². The SMILES string of the molecule is O=P(NCCCCN(CCCNP(=O)(c1ccccc1)c1ccccc1)P(=O)(c1ccccc1)c1ccccc1)(c1ccccc1)c1ccccc1. The first kappa shape index (κ1) is 37.6. The predicted octanol–water partition coefficient (Wildman–Crippen LogP) is 7.43. The minimum absolute atomic E-state index is 0.472. The summed E-state index contributed by atoms with van der Waals surface area (Å²) in [6.07, 6.45) is 2.10. The van der Waals surface area contributed by atoms with E-state index in [0.717, 1.165) is 44.7 Å². The first-order chi connectivity index (χ1) is 25.4. The van der Waals surface area contributed by atoms with Gasteiger partial charge in [0.25, 0.3) is 0 Å². The maximum Gasteiger partial charge on any atom is 0.207 e. The van der Waals surface area contributed by atoms with E-state index in [2.05, 4.69) is 14.8 Å². The van der Waals surface area contributed by atoms with Crippen molar-refractivity contribution in [2.75, 3.05) is 26.2 Å². The van der Waals surface area contributed by atoms with Gasteiger partial charge in [0.1, 0.15) is 0 Å². The van der Waals surface area contributed by atoms with Crippen molar-refractivity contribution in [3.8, 4) is 0 Å². The van der Waals surface area contributed by atoms with E-state index in [1.807, 2.05) is 182 Å². The molecule has 6 aromatic carbocycles. The molecule has 0 heterocycles. The van der Waals surface area contributed by atoms with Gasteiger partial charge in [-0.25, -0.2) is 4.67 Å². The molecule has 0 saturated heterocycles. The topological polar surface area (TPSA) is 78.5 Å². The van der Waals surface area contributed by atoms with Gasteiger partial charge >= 0.3 is 0 Å². The first-order valence-corrected chi connectivity index (χ1v) is 22.9. The molecule has 0 aromatic heterocycles. The Hall–Kier alpha value is -4.11. The van der Waals surface area contributed by atoms with Gasteiger partial charge in [-0.3, -0.25) is 23.9 Å². The van der Waals surface area contributed by atoms with E-state index < -0.39 is 21.9 Å². The Morgan fingerprint density at radius 2 is 0.615 bits per heavy atom. The largest absolute Gasteiger partial charge is 0.297 e. The van der Waals surface area contributed by atoms with Gasteiger partial charge in [0.2, 0.25) is 21.9 Å². The van der Waals surface area contributed by atoms with Crippen LogP contribution in [0.5, 0.6) is 0 Å². The highest BCUT2D eigenvalue weighted by atomic mass is 31.2. The molecule has 0 aliphatic carbocycles. The number of nitrogens with one attached hydrogen (secondary N) is 2. The Morgan fingerprint density at radius 3 is 0.942 bits per heavy atom. The van der Waals surface area contributed by atoms with E-state index in [-0.39, 0.29) is 0 Å². The fraction of sp³-hybridized carbons (Fsp3) is 0.163. The van der Waals surface area contributed by atoms with Crippen LogP contribution in [0.4, 0.5) is 0 Å². The maximum absolute atomic E-state index is 15.5. The van der Waals surface area contributed by atoms with Crippen LogP contribution in [-0.4, -0.2) is 30.8 Å². The molecule has 0 radical (unpaired) electrons. The summed E-state index contributed by atoms with van der Waals surface area (Å²) in [5.41, 5.74) is 0. The Kier molecular flexibility index (Phi) is 13.1. The van der Waals surface area contributed by atoms with Gasteiger partial charge in [-0.15, -0.1) is 0 Å². The van der Waals surface area contributed by atoms with Crippen molar-refractivity contribution in [2.24, 2.45) is 0 Å². The summed E-state index contributed by atoms with van der Waals surface area (Å²) in [6, 6.07) is 57.8. The molecular weight excluding hydrogens is 699 g/mol. The molecule has 0 amide bonds. The minimum Gasteiger partial charge on any atom is -0.297 e. The first-order valence-electron chi connectivity index (χ1n) is 17.8. The van der Waals surface area contributed by atoms with E-state index in [9.17, 15) is 9.13 Å². The molecule has 52 heavy (non-hydrogen) atoms. The third-order valence-corrected chi connectivity index (χ3v) is 17.8. The third-order valence-electron chi connectivity index (χ3n) is 9.19. The lowest BCUT2D eigenvalue weighted by atomic mass is 10.3. The fourth-order valence-corrected chi connectivity index (χ4v) is 14.1. The number of hydrogen-bond donors (Lipinski definition) is 2. The lowest BCUT2D eigenvalue weighted by molar-refractivity contribution is 0.403. The highest BCUT2D eigenvalue weighted by molar-refractivity contribution is 7.77. The molecule has 0 aliphatic heterocycles. The molecular formula is C43H46N3O3P3. The Balaban J connectivity index is 1.21. The monoisotopic (exact) mass is 745 g/mol. The molecule has 2 N–H and O–H groups in total. The van der Waals surface area contributed by atoms with Gasteiger partial charge in [0, 0.05) is 58.0 Å². The average molecular weight is 746 g/mol. The lowest BCUT2D eigenvalue weighted by Crippen LogP contribution is -2.36. The van der Waals surface area contributed by atoms with Crippen LogP contribution in [0.1, 0.15) is 19.3 Å². The van der Waals surface area contributed by atoms with Crippen molar-refractivity contribution in [2.45, 2.75) is 19.3 Å². The maximum atomic E-state index is 15.5. The zero-order valence-corrected chi connectivity index (χ0v) is 32.0. The van der Waals surface area contributed by atoms with Crippen molar-refractivity contribution in [1.82, 2.24) is 14.8 Å². The minimum atomic E-state index is -3.25. The molecule has 0 bridgehead atoms. The lowest BCUT2D eigenvalue weighted by Gasteiger charge is -2.33. The number of unbranched alkanes of at least 4 members (excludes halogenated alkanes) is 1. The molecule has 6 aromatic rings. The molecule has 9 heteroatoms. The van der Waals surface area contributed by atoms with Crippen molar-refractivity contribution in [3.63, 3.8) is 0 Å². The summed E-state index contributed by atoms with van der Waals surface area (Å²) in [5, 5.41) is 11.5. The molecule has 6 rings (SSSR count). The van der Waals surface area contributed by atoms with Gasteiger partial charge in [-0.1, -0.05) is 109 Å². The van der Waals surface area contributed by atoms with Crippen molar-refractivity contribution in [3.05, 3.63) is 182 Å². The van der Waals surface area contributed by atoms with E-state index in [1.54, 1.807) is 0 Å². The van der Waals surface area contributed by atoms with Crippen molar-refractivity contribution >= 4 is 53.7 Å². The second-order valence-electron chi connectivity index (χ2n) is 12.6. The highest BCUT2D eigenvalue weighted by Crippen LogP contribution is 2.48. The van der Waals surface area contributed by atoms with E-state index in [1.165, 1.54) is 0 Å². The molecule has 0 spiro atoms. The summed E-state index contributed by atoms with van der Waals surface area (Å²) >= 11 is 0. The predicted molar refractivity (Wildman–Crippen MR) is 221 cm³/mol. The number of benzene rings is 6. The molecule has 0 fully saturated rings. The Bertz CT molecular complexity index is 1980. The van der Waals surface area contributed by atoms with Crippen LogP contribution >= 0.6 is 21.9 Å². The van der Waals surface area contributed by atoms with Gasteiger partial charge < -0.3 is 0 Å². The number of hydrogen-bond acceptors (Lipinski definition) is 3. The van der Waals surface area contributed by atoms with Gasteiger partial charge in [0.05, 0.1) is 0 Å². The van der Waals surface area contributed by atoms with Crippen LogP contribution in [-0.2, 0) is 13.7 Å². The summed E-state index contributed by atoms with van der Waals surface area (Å²) < 4.78 is 46.8. The molecule has 0 unspecified atom stereocenters. The number of rotatable bonds is 18. The zero-order valence-electron chi connectivity index (χ0n) is 29.3. The molecule has 266 valence electrons. The van der Waals surface area contributed by atoms with Crippen LogP contribution in [0.15, 0.2) is 182 Å². The molecule has 6 nitrogen and oxygen atoms in total. The van der Waals surface area contributed by atoms with Gasteiger partial charge in [-0.05, 0) is 92.1 Å². The molecule has 0 saturated carbocycles. The second-order valence-corrected chi connectivity index (χ2v) is 20.5. The standard InChI is InChI=1S/C43H46N3O3P3/c47-50(38-22-7-1-8-23-38,39-24-9-2-10-25-39)44-34-19-20-36-46(52(49,42-30-15-5-16-31-42)43-32-17-6-18-33-43)37-21-35-45-51(48,40-26-11-3-12-27-40)41-28-13-4-14-29-41/h1-18,22-33H,19-21,34-37H2,(H,44,47)(H,45,48). The van der Waals surface area contributed by atoms with Crippen molar-refractivity contribution < 1.29 is 13.7 Å². The average Bonchev–Trinajstić information content (AvgIpc) is 3.23. The normalized spacial score (nSPS) is 12.2. The van der Waals surface area contributed by atoms with Gasteiger partial charge in [-0.2, -0.15) is 0 Å². The van der Waals surface area contributed by atoms with Crippen LogP contribution in [0.3, 0.4) is 0 Å². The summed E-state index contributed by atoms with van der Waals surface area (Å²) in [7, 11) is -9.41. The van der Waals surface area contributed by atoms with Crippen LogP contribution < -0.4 is 42.0 Å². The van der Waals surface area contributed by atoms with Gasteiger partial charge in [0.15, 0.2) is 0 Å². The highest BCUT2D eigenvalue weighted by Gasteiger charge is 2.35. The van der Waals surface area contributed by atoms with Crippen LogP contribution in [0, 0.1) is 0 Å². The van der Waals surface area contributed by atoms with E-state index in [0.29, 0.717) is 32.6 Å². The van der Waals surface area contributed by atoms with Crippen LogP contribution in [0.2, 0.25) is 0 Å². The number of nitrogens with zero attached hydrogens (tertiary/aromatic N) is 1. The van der Waals surface area contributed by atoms with E-state index >= 15 is 4.57 Å². The smallest absolute Gasteiger partial charge is 0.207 e. The zero-order chi connectivity index (χ0) is 36.1. The summed E-state index contributed by atoms with van der Waals surface area (Å²) in [5.74, 6) is 0. The Morgan fingerprint density at radius 1 is 0.346 bits per heavy atom. The molecule has 0 atom stereocenters.